The number of carbonyl (C=O) groups excluding carboxylic acids is 1. The van der Waals surface area contributed by atoms with Crippen LogP contribution in [-0.4, -0.2) is 15.9 Å². The van der Waals surface area contributed by atoms with Crippen molar-refractivity contribution >= 4 is 23.2 Å². The van der Waals surface area contributed by atoms with E-state index in [0.29, 0.717) is 11.8 Å². The van der Waals surface area contributed by atoms with Crippen molar-refractivity contribution in [3.8, 4) is 0 Å². The van der Waals surface area contributed by atoms with Gasteiger partial charge in [-0.25, -0.2) is 23.1 Å². The summed E-state index contributed by atoms with van der Waals surface area (Å²) in [6.07, 6.45) is 2.46. The molecule has 1 heterocycles. The highest BCUT2D eigenvalue weighted by Crippen LogP contribution is 2.17. The number of anilines is 3. The maximum atomic E-state index is 13.5. The number of carbonyl (C=O) groups is 1. The van der Waals surface area contributed by atoms with E-state index in [2.05, 4.69) is 20.6 Å². The molecular weight excluding hydrogens is 333 g/mol. The van der Waals surface area contributed by atoms with Gasteiger partial charge in [0, 0.05) is 24.1 Å². The smallest absolute Gasteiger partial charge is 0.258 e. The van der Waals surface area contributed by atoms with E-state index in [-0.39, 0.29) is 17.2 Å². The third-order valence-corrected chi connectivity index (χ3v) is 3.17. The summed E-state index contributed by atoms with van der Waals surface area (Å²) >= 11 is 0. The Bertz CT molecular complexity index is 916. The van der Waals surface area contributed by atoms with Gasteiger partial charge in [-0.3, -0.25) is 4.79 Å². The molecule has 1 aromatic heterocycles. The normalized spacial score (nSPS) is 10.4. The van der Waals surface area contributed by atoms with Crippen molar-refractivity contribution < 1.29 is 18.0 Å². The van der Waals surface area contributed by atoms with E-state index in [1.165, 1.54) is 30.6 Å². The summed E-state index contributed by atoms with van der Waals surface area (Å²) in [6, 6.07) is 8.53. The van der Waals surface area contributed by atoms with Crippen LogP contribution in [0.15, 0.2) is 54.9 Å². The maximum Gasteiger partial charge on any atom is 0.258 e. The van der Waals surface area contributed by atoms with Crippen LogP contribution in [0.4, 0.5) is 30.5 Å². The second-order valence-corrected chi connectivity index (χ2v) is 5.01. The van der Waals surface area contributed by atoms with Crippen molar-refractivity contribution in [2.75, 3.05) is 10.6 Å². The summed E-state index contributed by atoms with van der Waals surface area (Å²) < 4.78 is 39.5. The number of benzene rings is 2. The summed E-state index contributed by atoms with van der Waals surface area (Å²) in [6.45, 7) is 0. The molecule has 25 heavy (non-hydrogen) atoms. The van der Waals surface area contributed by atoms with Crippen molar-refractivity contribution in [3.63, 3.8) is 0 Å². The van der Waals surface area contributed by atoms with Gasteiger partial charge in [0.15, 0.2) is 0 Å². The molecule has 0 unspecified atom stereocenters. The molecule has 0 saturated carbocycles. The summed E-state index contributed by atoms with van der Waals surface area (Å²) in [5, 5.41) is 5.08. The predicted molar refractivity (Wildman–Crippen MR) is 86.0 cm³/mol. The number of halogens is 3. The lowest BCUT2D eigenvalue weighted by atomic mass is 10.2. The lowest BCUT2D eigenvalue weighted by Crippen LogP contribution is -2.14. The highest BCUT2D eigenvalue weighted by Gasteiger charge is 2.11. The average molecular weight is 344 g/mol. The number of hydrogen-bond acceptors (Lipinski definition) is 4. The second kappa shape index (κ2) is 7.00. The highest BCUT2D eigenvalue weighted by atomic mass is 19.1. The molecule has 0 fully saturated rings. The molecule has 2 N–H and O–H groups in total. The lowest BCUT2D eigenvalue weighted by molar-refractivity contribution is 0.102. The minimum absolute atomic E-state index is 0.0773. The Balaban J connectivity index is 1.70. The molecule has 3 aromatic rings. The standard InChI is InChI=1S/C17H11F3N4O/c18-11-2-1-3-13(6-11)23-17-21-8-10(9-22-17)16(25)24-15-5-4-12(19)7-14(15)20/h1-9H,(H,24,25)(H,21,22,23). The van der Waals surface area contributed by atoms with Gasteiger partial charge < -0.3 is 10.6 Å². The van der Waals surface area contributed by atoms with Gasteiger partial charge in [-0.15, -0.1) is 0 Å². The molecule has 2 aromatic carbocycles. The van der Waals surface area contributed by atoms with Gasteiger partial charge in [0.1, 0.15) is 17.5 Å². The van der Waals surface area contributed by atoms with E-state index in [1.54, 1.807) is 6.07 Å². The molecule has 0 bridgehead atoms. The molecule has 5 nitrogen and oxygen atoms in total. The fourth-order valence-corrected chi connectivity index (χ4v) is 1.99. The van der Waals surface area contributed by atoms with Crippen molar-refractivity contribution in [3.05, 3.63) is 77.9 Å². The molecule has 0 spiro atoms. The van der Waals surface area contributed by atoms with E-state index in [9.17, 15) is 18.0 Å². The highest BCUT2D eigenvalue weighted by molar-refractivity contribution is 6.03. The summed E-state index contributed by atoms with van der Waals surface area (Å²) in [5.41, 5.74) is 0.368. The number of hydrogen-bond donors (Lipinski definition) is 2. The molecule has 0 aliphatic carbocycles. The molecule has 3 rings (SSSR count). The SMILES string of the molecule is O=C(Nc1ccc(F)cc1F)c1cnc(Nc2cccc(F)c2)nc1. The molecule has 8 heteroatoms. The van der Waals surface area contributed by atoms with Crippen LogP contribution in [0.25, 0.3) is 0 Å². The molecule has 0 aliphatic heterocycles. The number of nitrogens with one attached hydrogen (secondary N) is 2. The molecule has 0 atom stereocenters. The van der Waals surface area contributed by atoms with E-state index < -0.39 is 23.4 Å². The van der Waals surface area contributed by atoms with Crippen LogP contribution in [0, 0.1) is 17.5 Å². The van der Waals surface area contributed by atoms with E-state index in [1.807, 2.05) is 0 Å². The second-order valence-electron chi connectivity index (χ2n) is 5.01. The van der Waals surface area contributed by atoms with Gasteiger partial charge in [0.2, 0.25) is 5.95 Å². The van der Waals surface area contributed by atoms with Crippen molar-refractivity contribution in [1.29, 1.82) is 0 Å². The Morgan fingerprint density at radius 1 is 0.920 bits per heavy atom. The van der Waals surface area contributed by atoms with Gasteiger partial charge >= 0.3 is 0 Å². The zero-order valence-electron chi connectivity index (χ0n) is 12.6. The first-order chi connectivity index (χ1) is 12.0. The Morgan fingerprint density at radius 2 is 1.64 bits per heavy atom. The monoisotopic (exact) mass is 344 g/mol. The number of amides is 1. The molecule has 126 valence electrons. The van der Waals surface area contributed by atoms with E-state index in [4.69, 9.17) is 0 Å². The summed E-state index contributed by atoms with van der Waals surface area (Å²) in [7, 11) is 0. The largest absolute Gasteiger partial charge is 0.324 e. The van der Waals surface area contributed by atoms with Crippen molar-refractivity contribution in [2.24, 2.45) is 0 Å². The van der Waals surface area contributed by atoms with E-state index in [0.717, 1.165) is 12.1 Å². The molecule has 1 amide bonds. The van der Waals surface area contributed by atoms with Crippen LogP contribution < -0.4 is 10.6 Å². The van der Waals surface area contributed by atoms with Gasteiger partial charge in [0.05, 0.1) is 11.3 Å². The minimum Gasteiger partial charge on any atom is -0.324 e. The third-order valence-electron chi connectivity index (χ3n) is 3.17. The van der Waals surface area contributed by atoms with Crippen LogP contribution in [0.2, 0.25) is 0 Å². The Morgan fingerprint density at radius 3 is 2.32 bits per heavy atom. The van der Waals surface area contributed by atoms with Crippen molar-refractivity contribution in [1.82, 2.24) is 9.97 Å². The maximum absolute atomic E-state index is 13.5. The first-order valence-corrected chi connectivity index (χ1v) is 7.12. The zero-order chi connectivity index (χ0) is 17.8. The number of nitrogens with zero attached hydrogens (tertiary/aromatic N) is 2. The fourth-order valence-electron chi connectivity index (χ4n) is 1.99. The summed E-state index contributed by atoms with van der Waals surface area (Å²) in [4.78, 5) is 19.9. The van der Waals surface area contributed by atoms with Gasteiger partial charge in [-0.1, -0.05) is 6.07 Å². The number of aromatic nitrogens is 2. The minimum atomic E-state index is -0.890. The van der Waals surface area contributed by atoms with Crippen LogP contribution in [0.5, 0.6) is 0 Å². The Kier molecular flexibility index (Phi) is 4.60. The van der Waals surface area contributed by atoms with Gasteiger partial charge in [0.25, 0.3) is 5.91 Å². The first-order valence-electron chi connectivity index (χ1n) is 7.12. The molecule has 0 radical (unpaired) electrons. The third kappa shape index (κ3) is 4.11. The Hall–Kier alpha value is -3.42. The van der Waals surface area contributed by atoms with Gasteiger partial charge in [-0.05, 0) is 30.3 Å². The zero-order valence-corrected chi connectivity index (χ0v) is 12.6. The van der Waals surface area contributed by atoms with Crippen LogP contribution in [0.3, 0.4) is 0 Å². The Labute approximate surface area is 140 Å². The van der Waals surface area contributed by atoms with Crippen molar-refractivity contribution in [2.45, 2.75) is 0 Å². The first kappa shape index (κ1) is 16.4. The fraction of sp³-hybridized carbons (Fsp3) is 0. The molecular formula is C17H11F3N4O. The topological polar surface area (TPSA) is 66.9 Å². The quantitative estimate of drug-likeness (QED) is 0.753. The lowest BCUT2D eigenvalue weighted by Gasteiger charge is -2.07. The predicted octanol–water partition coefficient (Wildman–Crippen LogP) is 3.89. The van der Waals surface area contributed by atoms with E-state index >= 15 is 0 Å². The molecule has 0 saturated heterocycles. The van der Waals surface area contributed by atoms with Crippen LogP contribution in [0.1, 0.15) is 10.4 Å². The average Bonchev–Trinajstić information content (AvgIpc) is 2.58. The van der Waals surface area contributed by atoms with Gasteiger partial charge in [-0.2, -0.15) is 0 Å². The molecule has 0 aliphatic rings. The van der Waals surface area contributed by atoms with Crippen LogP contribution in [-0.2, 0) is 0 Å². The summed E-state index contributed by atoms with van der Waals surface area (Å²) in [5.74, 6) is -2.54. The van der Waals surface area contributed by atoms with Crippen LogP contribution >= 0.6 is 0 Å². The number of rotatable bonds is 4.